The Hall–Kier alpha value is -2.39. The number of piperidine rings is 1. The average molecular weight is 446 g/mol. The van der Waals surface area contributed by atoms with Crippen molar-refractivity contribution in [1.82, 2.24) is 19.9 Å². The molecule has 31 heavy (non-hydrogen) atoms. The first kappa shape index (κ1) is 23.3. The Labute approximate surface area is 187 Å². The molecule has 1 atom stereocenters. The Morgan fingerprint density at radius 1 is 1.35 bits per heavy atom. The van der Waals surface area contributed by atoms with Crippen molar-refractivity contribution in [3.8, 4) is 0 Å². The average Bonchev–Trinajstić information content (AvgIpc) is 3.20. The van der Waals surface area contributed by atoms with Gasteiger partial charge in [-0.05, 0) is 38.8 Å². The van der Waals surface area contributed by atoms with Gasteiger partial charge < -0.3 is 19.6 Å². The van der Waals surface area contributed by atoms with Crippen LogP contribution in [0, 0.1) is 6.92 Å². The van der Waals surface area contributed by atoms with Crippen molar-refractivity contribution in [2.75, 3.05) is 37.8 Å². The van der Waals surface area contributed by atoms with Crippen molar-refractivity contribution in [2.45, 2.75) is 44.4 Å². The molecule has 1 fully saturated rings. The number of nitrogens with one attached hydrogen (secondary N) is 1. The highest BCUT2D eigenvalue weighted by Gasteiger charge is 2.26. The number of anilines is 1. The second-order valence-corrected chi connectivity index (χ2v) is 9.24. The molecule has 0 bridgehead atoms. The number of pyridine rings is 1. The van der Waals surface area contributed by atoms with Crippen LogP contribution in [-0.2, 0) is 16.0 Å². The normalized spacial score (nSPS) is 16.1. The highest BCUT2D eigenvalue weighted by Crippen LogP contribution is 2.19. The van der Waals surface area contributed by atoms with E-state index in [1.807, 2.05) is 30.3 Å². The van der Waals surface area contributed by atoms with Crippen LogP contribution in [0.4, 0.5) is 5.82 Å². The van der Waals surface area contributed by atoms with E-state index in [0.717, 1.165) is 44.6 Å². The first-order valence-electron chi connectivity index (χ1n) is 10.7. The van der Waals surface area contributed by atoms with Gasteiger partial charge in [-0.3, -0.25) is 14.6 Å². The Balaban J connectivity index is 1.35. The second-order valence-electron chi connectivity index (χ2n) is 7.91. The van der Waals surface area contributed by atoms with E-state index in [0.29, 0.717) is 11.6 Å². The van der Waals surface area contributed by atoms with Crippen LogP contribution < -0.4 is 5.32 Å². The molecular weight excluding hydrogens is 414 g/mol. The smallest absolute Gasteiger partial charge is 0.238 e. The molecule has 1 unspecified atom stereocenters. The number of rotatable bonds is 9. The van der Waals surface area contributed by atoms with Crippen molar-refractivity contribution in [3.05, 3.63) is 41.9 Å². The summed E-state index contributed by atoms with van der Waals surface area (Å²) in [5.41, 5.74) is 1.12. The first-order valence-corrected chi connectivity index (χ1v) is 11.7. The predicted molar refractivity (Wildman–Crippen MR) is 122 cm³/mol. The maximum Gasteiger partial charge on any atom is 0.238 e. The van der Waals surface area contributed by atoms with E-state index in [2.05, 4.69) is 26.4 Å². The molecule has 3 heterocycles. The maximum atomic E-state index is 12.6. The van der Waals surface area contributed by atoms with Gasteiger partial charge in [0.15, 0.2) is 5.82 Å². The Kier molecular flexibility index (Phi) is 8.48. The maximum absolute atomic E-state index is 12.6. The van der Waals surface area contributed by atoms with E-state index in [1.54, 1.807) is 19.9 Å². The highest BCUT2D eigenvalue weighted by atomic mass is 32.2. The molecule has 0 aliphatic carbocycles. The minimum absolute atomic E-state index is 0.0638. The number of likely N-dealkylation sites (tertiary alicyclic amines) is 1. The fourth-order valence-corrected chi connectivity index (χ4v) is 4.39. The molecule has 2 amide bonds. The zero-order chi connectivity index (χ0) is 22.2. The van der Waals surface area contributed by atoms with E-state index in [1.165, 1.54) is 11.8 Å². The molecule has 9 heteroatoms. The van der Waals surface area contributed by atoms with Crippen molar-refractivity contribution >= 4 is 29.4 Å². The molecule has 1 saturated heterocycles. The lowest BCUT2D eigenvalue weighted by molar-refractivity contribution is -0.129. The predicted octanol–water partition coefficient (Wildman–Crippen LogP) is 2.60. The molecule has 0 saturated carbocycles. The third kappa shape index (κ3) is 7.07. The van der Waals surface area contributed by atoms with Gasteiger partial charge in [0.25, 0.3) is 0 Å². The SMILES string of the molecule is Cc1cc(NC(=O)C(C)SCC(=O)N(C)C2CCN(CCc3ccccn3)CC2)no1. The van der Waals surface area contributed by atoms with Gasteiger partial charge in [0.2, 0.25) is 11.8 Å². The number of carbonyl (C=O) groups excluding carboxylic acids is 2. The number of nitrogens with zero attached hydrogens (tertiary/aromatic N) is 4. The molecule has 0 spiro atoms. The van der Waals surface area contributed by atoms with Crippen LogP contribution in [0.25, 0.3) is 0 Å². The summed E-state index contributed by atoms with van der Waals surface area (Å²) in [7, 11) is 1.88. The number of carbonyl (C=O) groups is 2. The van der Waals surface area contributed by atoms with E-state index >= 15 is 0 Å². The molecule has 0 radical (unpaired) electrons. The van der Waals surface area contributed by atoms with Gasteiger partial charge >= 0.3 is 0 Å². The van der Waals surface area contributed by atoms with Crippen molar-refractivity contribution in [2.24, 2.45) is 0 Å². The minimum atomic E-state index is -0.359. The summed E-state index contributed by atoms with van der Waals surface area (Å²) >= 11 is 1.34. The second kappa shape index (κ2) is 11.3. The van der Waals surface area contributed by atoms with Crippen molar-refractivity contribution in [1.29, 1.82) is 0 Å². The lowest BCUT2D eigenvalue weighted by atomic mass is 10.0. The molecule has 0 aromatic carbocycles. The summed E-state index contributed by atoms with van der Waals surface area (Å²) in [5, 5.41) is 6.11. The number of hydrogen-bond acceptors (Lipinski definition) is 7. The van der Waals surface area contributed by atoms with E-state index in [-0.39, 0.29) is 28.9 Å². The third-order valence-electron chi connectivity index (χ3n) is 5.61. The van der Waals surface area contributed by atoms with E-state index < -0.39 is 0 Å². The molecule has 2 aromatic heterocycles. The lowest BCUT2D eigenvalue weighted by Crippen LogP contribution is -2.46. The molecule has 2 aromatic rings. The lowest BCUT2D eigenvalue weighted by Gasteiger charge is -2.36. The number of thioether (sulfide) groups is 1. The first-order chi connectivity index (χ1) is 14.9. The molecule has 8 nitrogen and oxygen atoms in total. The van der Waals surface area contributed by atoms with Crippen LogP contribution in [0.15, 0.2) is 35.0 Å². The van der Waals surface area contributed by atoms with Crippen molar-refractivity contribution < 1.29 is 14.1 Å². The van der Waals surface area contributed by atoms with Crippen LogP contribution in [0.2, 0.25) is 0 Å². The summed E-state index contributed by atoms with van der Waals surface area (Å²) in [5.74, 6) is 1.19. The third-order valence-corrected chi connectivity index (χ3v) is 6.74. The van der Waals surface area contributed by atoms with Crippen LogP contribution in [0.3, 0.4) is 0 Å². The van der Waals surface area contributed by atoms with Gasteiger partial charge in [0.05, 0.1) is 11.0 Å². The topological polar surface area (TPSA) is 91.6 Å². The Morgan fingerprint density at radius 2 is 2.13 bits per heavy atom. The van der Waals surface area contributed by atoms with Crippen molar-refractivity contribution in [3.63, 3.8) is 0 Å². The van der Waals surface area contributed by atoms with Gasteiger partial charge in [-0.25, -0.2) is 0 Å². The van der Waals surface area contributed by atoms with Gasteiger partial charge in [0, 0.05) is 57.1 Å². The fraction of sp³-hybridized carbons (Fsp3) is 0.545. The zero-order valence-corrected chi connectivity index (χ0v) is 19.2. The molecule has 1 aliphatic heterocycles. The summed E-state index contributed by atoms with van der Waals surface area (Å²) in [6.07, 6.45) is 4.72. The fourth-order valence-electron chi connectivity index (χ4n) is 3.58. The van der Waals surface area contributed by atoms with Crippen LogP contribution in [0.5, 0.6) is 0 Å². The van der Waals surface area contributed by atoms with Crippen LogP contribution in [-0.4, -0.2) is 75.5 Å². The van der Waals surface area contributed by atoms with Gasteiger partial charge in [-0.1, -0.05) is 11.2 Å². The monoisotopic (exact) mass is 445 g/mol. The largest absolute Gasteiger partial charge is 0.360 e. The summed E-state index contributed by atoms with van der Waals surface area (Å²) < 4.78 is 4.95. The highest BCUT2D eigenvalue weighted by molar-refractivity contribution is 8.01. The van der Waals surface area contributed by atoms with E-state index in [9.17, 15) is 9.59 Å². The molecule has 1 N–H and O–H groups in total. The zero-order valence-electron chi connectivity index (χ0n) is 18.4. The van der Waals surface area contributed by atoms with Gasteiger partial charge in [-0.2, -0.15) is 0 Å². The summed E-state index contributed by atoms with van der Waals surface area (Å²) in [4.78, 5) is 33.6. The molecule has 168 valence electrons. The van der Waals surface area contributed by atoms with Crippen LogP contribution >= 0.6 is 11.8 Å². The van der Waals surface area contributed by atoms with E-state index in [4.69, 9.17) is 4.52 Å². The van der Waals surface area contributed by atoms with Crippen LogP contribution in [0.1, 0.15) is 31.2 Å². The summed E-state index contributed by atoms with van der Waals surface area (Å²) in [6, 6.07) is 7.93. The standard InChI is InChI=1S/C22H31N5O3S/c1-16-14-20(25-30-16)24-22(29)17(2)31-15-21(28)26(3)19-8-12-27(13-9-19)11-7-18-6-4-5-10-23-18/h4-6,10,14,17,19H,7-9,11-13,15H2,1-3H3,(H,24,25,29). The minimum Gasteiger partial charge on any atom is -0.360 e. The number of amides is 2. The number of aromatic nitrogens is 2. The molecule has 1 aliphatic rings. The number of aryl methyl sites for hydroxylation is 1. The molecule has 3 rings (SSSR count). The Bertz CT molecular complexity index is 852. The Morgan fingerprint density at radius 3 is 2.77 bits per heavy atom. The van der Waals surface area contributed by atoms with Gasteiger partial charge in [0.1, 0.15) is 5.76 Å². The van der Waals surface area contributed by atoms with Gasteiger partial charge in [-0.15, -0.1) is 11.8 Å². The quantitative estimate of drug-likeness (QED) is 0.634. The summed E-state index contributed by atoms with van der Waals surface area (Å²) in [6.45, 7) is 6.52. The number of hydrogen-bond donors (Lipinski definition) is 1. The molecular formula is C22H31N5O3S.